The Morgan fingerprint density at radius 2 is 2.00 bits per heavy atom. The van der Waals surface area contributed by atoms with E-state index in [4.69, 9.17) is 0 Å². The fraction of sp³-hybridized carbons (Fsp3) is 0.476. The summed E-state index contributed by atoms with van der Waals surface area (Å²) in [6, 6.07) is 5.27. The van der Waals surface area contributed by atoms with Crippen LogP contribution in [0.4, 0.5) is 9.18 Å². The van der Waals surface area contributed by atoms with Crippen LogP contribution in [0.15, 0.2) is 36.4 Å². The number of benzene rings is 1. The number of carbonyl (C=O) groups excluding carboxylic acids is 3. The van der Waals surface area contributed by atoms with Gasteiger partial charge in [-0.15, -0.1) is 0 Å². The smallest absolute Gasteiger partial charge is 0.325 e. The highest BCUT2D eigenvalue weighted by Crippen LogP contribution is 2.36. The second kappa shape index (κ2) is 7.73. The molecule has 0 unspecified atom stereocenters. The van der Waals surface area contributed by atoms with Gasteiger partial charge in [0, 0.05) is 18.7 Å². The van der Waals surface area contributed by atoms with Crippen molar-refractivity contribution in [3.8, 4) is 0 Å². The van der Waals surface area contributed by atoms with Gasteiger partial charge in [-0.2, -0.15) is 0 Å². The van der Waals surface area contributed by atoms with Crippen LogP contribution in [0.1, 0.15) is 43.5 Å². The van der Waals surface area contributed by atoms with Crippen molar-refractivity contribution in [3.63, 3.8) is 0 Å². The summed E-state index contributed by atoms with van der Waals surface area (Å²) < 4.78 is 13.4. The van der Waals surface area contributed by atoms with Crippen LogP contribution in [0.3, 0.4) is 0 Å². The Hall–Kier alpha value is -2.70. The maximum absolute atomic E-state index is 13.4. The van der Waals surface area contributed by atoms with Crippen LogP contribution in [0.2, 0.25) is 0 Å². The van der Waals surface area contributed by atoms with Crippen molar-refractivity contribution in [2.24, 2.45) is 5.92 Å². The number of hydrogen-bond acceptors (Lipinski definition) is 3. The molecule has 2 fully saturated rings. The van der Waals surface area contributed by atoms with E-state index in [1.807, 2.05) is 6.92 Å². The minimum Gasteiger partial charge on any atom is -0.339 e. The number of amides is 4. The molecule has 150 valence electrons. The Morgan fingerprint density at radius 3 is 2.57 bits per heavy atom. The summed E-state index contributed by atoms with van der Waals surface area (Å²) in [4.78, 5) is 41.0. The number of rotatable bonds is 5. The maximum Gasteiger partial charge on any atom is 0.325 e. The molecule has 2 saturated heterocycles. The van der Waals surface area contributed by atoms with Crippen LogP contribution in [-0.4, -0.2) is 52.8 Å². The van der Waals surface area contributed by atoms with E-state index in [0.29, 0.717) is 37.9 Å². The van der Waals surface area contributed by atoms with Gasteiger partial charge in [0.1, 0.15) is 11.4 Å². The first-order valence-corrected chi connectivity index (χ1v) is 9.62. The Morgan fingerprint density at radius 1 is 1.32 bits per heavy atom. The molecule has 6 nitrogen and oxygen atoms in total. The monoisotopic (exact) mass is 387 g/mol. The lowest BCUT2D eigenvalue weighted by atomic mass is 9.75. The fourth-order valence-corrected chi connectivity index (χ4v) is 4.24. The molecule has 7 heteroatoms. The molecule has 2 aliphatic heterocycles. The van der Waals surface area contributed by atoms with Crippen molar-refractivity contribution in [2.75, 3.05) is 19.6 Å². The highest BCUT2D eigenvalue weighted by Gasteiger charge is 2.54. The van der Waals surface area contributed by atoms with Gasteiger partial charge in [-0.05, 0) is 50.3 Å². The highest BCUT2D eigenvalue weighted by atomic mass is 19.1. The number of imide groups is 1. The van der Waals surface area contributed by atoms with Gasteiger partial charge >= 0.3 is 6.03 Å². The van der Waals surface area contributed by atoms with Crippen molar-refractivity contribution < 1.29 is 18.8 Å². The molecule has 1 aromatic carbocycles. The summed E-state index contributed by atoms with van der Waals surface area (Å²) >= 11 is 0. The van der Waals surface area contributed by atoms with E-state index in [-0.39, 0.29) is 30.3 Å². The van der Waals surface area contributed by atoms with E-state index >= 15 is 0 Å². The fourth-order valence-electron chi connectivity index (χ4n) is 4.24. The molecule has 2 aliphatic rings. The molecule has 28 heavy (non-hydrogen) atoms. The van der Waals surface area contributed by atoms with Gasteiger partial charge < -0.3 is 10.2 Å². The van der Waals surface area contributed by atoms with E-state index < -0.39 is 11.4 Å². The second-order valence-corrected chi connectivity index (χ2v) is 7.68. The molecule has 0 radical (unpaired) electrons. The quantitative estimate of drug-likeness (QED) is 0.624. The van der Waals surface area contributed by atoms with Gasteiger partial charge in [-0.25, -0.2) is 9.18 Å². The number of hydrogen-bond donors (Lipinski definition) is 1. The third-order valence-corrected chi connectivity index (χ3v) is 5.74. The first-order valence-electron chi connectivity index (χ1n) is 9.62. The summed E-state index contributed by atoms with van der Waals surface area (Å²) in [5, 5.41) is 2.92. The molecule has 0 spiro atoms. The molecule has 0 bridgehead atoms. The summed E-state index contributed by atoms with van der Waals surface area (Å²) in [5.41, 5.74) is 0.132. The summed E-state index contributed by atoms with van der Waals surface area (Å²) in [5.74, 6) is -0.921. The highest BCUT2D eigenvalue weighted by molar-refractivity contribution is 6.07. The predicted octanol–water partition coefficient (Wildman–Crippen LogP) is 2.95. The SMILES string of the molecule is C=C(C)CN1C(=O)N[C@@](CC)(C2CCN(C(=O)c3cccc(F)c3)CC2)C1=O. The van der Waals surface area contributed by atoms with Crippen LogP contribution < -0.4 is 5.32 Å². The largest absolute Gasteiger partial charge is 0.339 e. The van der Waals surface area contributed by atoms with Crippen LogP contribution in [-0.2, 0) is 4.79 Å². The molecule has 4 amide bonds. The maximum atomic E-state index is 13.4. The molecular weight excluding hydrogens is 361 g/mol. The zero-order valence-corrected chi connectivity index (χ0v) is 16.3. The van der Waals surface area contributed by atoms with Crippen molar-refractivity contribution in [1.82, 2.24) is 15.1 Å². The molecule has 1 aromatic rings. The zero-order chi connectivity index (χ0) is 20.5. The first kappa shape index (κ1) is 20.0. The number of nitrogens with one attached hydrogen (secondary N) is 1. The number of nitrogens with zero attached hydrogens (tertiary/aromatic N) is 2. The Labute approximate surface area is 164 Å². The minimum atomic E-state index is -0.930. The number of likely N-dealkylation sites (tertiary alicyclic amines) is 1. The zero-order valence-electron chi connectivity index (χ0n) is 16.3. The first-order chi connectivity index (χ1) is 13.3. The standard InChI is InChI=1S/C21H26FN3O3/c1-4-21(19(27)25(13-14(2)3)20(28)23-21)16-8-10-24(11-9-16)18(26)15-6-5-7-17(22)12-15/h5-7,12,16H,2,4,8-11,13H2,1,3H3,(H,23,28)/t21-/m0/s1. The molecule has 0 aromatic heterocycles. The van der Waals surface area contributed by atoms with Gasteiger partial charge in [0.15, 0.2) is 0 Å². The van der Waals surface area contributed by atoms with Crippen molar-refractivity contribution in [1.29, 1.82) is 0 Å². The molecule has 0 saturated carbocycles. The average Bonchev–Trinajstić information content (AvgIpc) is 2.92. The van der Waals surface area contributed by atoms with Gasteiger partial charge in [0.25, 0.3) is 11.8 Å². The average molecular weight is 387 g/mol. The van der Waals surface area contributed by atoms with Crippen molar-refractivity contribution >= 4 is 17.8 Å². The minimum absolute atomic E-state index is 0.0550. The lowest BCUT2D eigenvalue weighted by Gasteiger charge is -2.40. The number of halogens is 1. The normalized spacial score (nSPS) is 23.1. The van der Waals surface area contributed by atoms with Crippen LogP contribution in [0.25, 0.3) is 0 Å². The van der Waals surface area contributed by atoms with E-state index in [2.05, 4.69) is 11.9 Å². The molecule has 3 rings (SSSR count). The number of urea groups is 1. The molecule has 0 aliphatic carbocycles. The lowest BCUT2D eigenvalue weighted by molar-refractivity contribution is -0.133. The van der Waals surface area contributed by atoms with E-state index in [9.17, 15) is 18.8 Å². The number of piperidine rings is 1. The van der Waals surface area contributed by atoms with Gasteiger partial charge in [0.2, 0.25) is 0 Å². The second-order valence-electron chi connectivity index (χ2n) is 7.68. The molecule has 1 atom stereocenters. The van der Waals surface area contributed by atoms with Crippen molar-refractivity contribution in [3.05, 3.63) is 47.8 Å². The van der Waals surface area contributed by atoms with Crippen molar-refractivity contribution in [2.45, 2.75) is 38.6 Å². The molecule has 1 N–H and O–H groups in total. The summed E-state index contributed by atoms with van der Waals surface area (Å²) in [6.45, 7) is 8.61. The van der Waals surface area contributed by atoms with Gasteiger partial charge in [-0.1, -0.05) is 25.1 Å². The lowest BCUT2D eigenvalue weighted by Crippen LogP contribution is -2.56. The van der Waals surface area contributed by atoms with E-state index in [0.717, 1.165) is 5.57 Å². The van der Waals surface area contributed by atoms with E-state index in [1.54, 1.807) is 17.9 Å². The molecular formula is C21H26FN3O3. The Balaban J connectivity index is 1.71. The van der Waals surface area contributed by atoms with Crippen LogP contribution in [0, 0.1) is 11.7 Å². The Kier molecular flexibility index (Phi) is 5.54. The Bertz CT molecular complexity index is 817. The third-order valence-electron chi connectivity index (χ3n) is 5.74. The van der Waals surface area contributed by atoms with E-state index in [1.165, 1.54) is 23.1 Å². The number of carbonyl (C=O) groups is 3. The summed E-state index contributed by atoms with van der Waals surface area (Å²) in [6.07, 6.45) is 1.69. The summed E-state index contributed by atoms with van der Waals surface area (Å²) in [7, 11) is 0. The van der Waals surface area contributed by atoms with Crippen LogP contribution in [0.5, 0.6) is 0 Å². The van der Waals surface area contributed by atoms with Gasteiger partial charge in [0.05, 0.1) is 6.54 Å². The third kappa shape index (κ3) is 3.53. The topological polar surface area (TPSA) is 69.7 Å². The van der Waals surface area contributed by atoms with Crippen LogP contribution >= 0.6 is 0 Å². The molecule has 2 heterocycles. The van der Waals surface area contributed by atoms with Gasteiger partial charge in [-0.3, -0.25) is 14.5 Å². The predicted molar refractivity (Wildman–Crippen MR) is 103 cm³/mol.